The Morgan fingerprint density at radius 3 is 1.67 bits per heavy atom. The fourth-order valence-electron chi connectivity index (χ4n) is 0.0250. The maximum atomic E-state index is 7.85. The van der Waals surface area contributed by atoms with E-state index in [2.05, 4.69) is 0 Å². The normalized spacial score (nSPS) is 5.17. The first-order valence-electron chi connectivity index (χ1n) is 1.20. The van der Waals surface area contributed by atoms with Crippen molar-refractivity contribution in [1.82, 2.24) is 0 Å². The van der Waals surface area contributed by atoms with Crippen molar-refractivity contribution in [3.8, 4) is 12.1 Å². The van der Waals surface area contributed by atoms with Gasteiger partial charge in [-0.25, -0.2) is 0 Å². The van der Waals surface area contributed by atoms with E-state index in [-0.39, 0.29) is 0 Å². The molecule has 0 fully saturated rings. The molecule has 0 aliphatic carbocycles. The average molecular weight is 194 g/mol. The molecule has 0 heterocycles. The van der Waals surface area contributed by atoms with Gasteiger partial charge in [-0.05, 0) is 0 Å². The fourth-order valence-corrected chi connectivity index (χ4v) is 0.0250. The Labute approximate surface area is 48.4 Å². The summed E-state index contributed by atoms with van der Waals surface area (Å²) in [5.41, 5.74) is 0. The van der Waals surface area contributed by atoms with Gasteiger partial charge in [0, 0.05) is 0 Å². The molecule has 0 aliphatic rings. The first-order chi connectivity index (χ1) is 2.81. The first kappa shape index (κ1) is 5.64. The topological polar surface area (TPSA) is 47.6 Å². The number of nitrogens with zero attached hydrogens (tertiary/aromatic N) is 2. The van der Waals surface area contributed by atoms with Gasteiger partial charge in [0.05, 0.1) is 0 Å². The monoisotopic (exact) mass is 196 g/mol. The molecule has 0 atom stereocenters. The zero-order chi connectivity index (χ0) is 4.99. The summed E-state index contributed by atoms with van der Waals surface area (Å²) < 4.78 is 0.294. The molecule has 0 aromatic heterocycles. The van der Waals surface area contributed by atoms with Crippen LogP contribution in [0.5, 0.6) is 0 Å². The number of nitriles is 2. The van der Waals surface area contributed by atoms with Gasteiger partial charge in [0.2, 0.25) is 0 Å². The summed E-state index contributed by atoms with van der Waals surface area (Å²) in [7, 11) is 0. The van der Waals surface area contributed by atoms with E-state index in [0.717, 1.165) is 21.8 Å². The predicted molar refractivity (Wildman–Crippen MR) is 24.8 cm³/mol. The van der Waals surface area contributed by atoms with Crippen LogP contribution in [0.1, 0.15) is 0 Å². The molecule has 6 heavy (non-hydrogen) atoms. The molecule has 0 aromatic carbocycles. The van der Waals surface area contributed by atoms with E-state index in [4.69, 9.17) is 10.5 Å². The van der Waals surface area contributed by atoms with Crippen molar-refractivity contribution in [2.24, 2.45) is 0 Å². The Morgan fingerprint density at radius 1 is 1.33 bits per heavy atom. The molecule has 0 amide bonds. The van der Waals surface area contributed by atoms with Crippen LogP contribution < -0.4 is 0 Å². The number of rotatable bonds is 0. The number of hydrogen-bond donors (Lipinski definition) is 0. The SMILES string of the molecule is N#CC(=[TeH2])C#N. The molecule has 0 bridgehead atoms. The van der Waals surface area contributed by atoms with Crippen LogP contribution >= 0.6 is 0 Å². The molecule has 0 aliphatic heterocycles. The zero-order valence-electron chi connectivity index (χ0n) is 2.89. The minimum atomic E-state index is 0.294. The molecular formula is C3H2N2Te. The van der Waals surface area contributed by atoms with Gasteiger partial charge in [0.15, 0.2) is 0 Å². The van der Waals surface area contributed by atoms with E-state index in [9.17, 15) is 0 Å². The van der Waals surface area contributed by atoms with Crippen LogP contribution in [0.2, 0.25) is 0 Å². The van der Waals surface area contributed by atoms with Crippen LogP contribution in [-0.2, 0) is 0 Å². The van der Waals surface area contributed by atoms with E-state index in [0.29, 0.717) is 3.55 Å². The second kappa shape index (κ2) is 2.86. The van der Waals surface area contributed by atoms with Crippen molar-refractivity contribution in [2.45, 2.75) is 0 Å². The van der Waals surface area contributed by atoms with Crippen LogP contribution in [0, 0.1) is 22.7 Å². The van der Waals surface area contributed by atoms with Crippen LogP contribution in [-0.4, -0.2) is 25.4 Å². The van der Waals surface area contributed by atoms with Gasteiger partial charge < -0.3 is 0 Å². The van der Waals surface area contributed by atoms with Crippen molar-refractivity contribution >= 4 is 25.4 Å². The second-order valence-corrected chi connectivity index (χ2v) is 2.03. The summed E-state index contributed by atoms with van der Waals surface area (Å²) in [6.45, 7) is 0. The molecule has 0 saturated carbocycles. The summed E-state index contributed by atoms with van der Waals surface area (Å²) in [5, 5.41) is 15.7. The van der Waals surface area contributed by atoms with Crippen LogP contribution in [0.25, 0.3) is 0 Å². The first-order valence-corrected chi connectivity index (χ1v) is 2.62. The maximum absolute atomic E-state index is 7.85. The molecule has 0 unspecified atom stereocenters. The third kappa shape index (κ3) is 1.91. The van der Waals surface area contributed by atoms with Gasteiger partial charge in [-0.3, -0.25) is 0 Å². The van der Waals surface area contributed by atoms with E-state index in [1.165, 1.54) is 0 Å². The molecule has 0 rings (SSSR count). The van der Waals surface area contributed by atoms with Crippen molar-refractivity contribution in [2.75, 3.05) is 0 Å². The zero-order valence-corrected chi connectivity index (χ0v) is 5.75. The van der Waals surface area contributed by atoms with Gasteiger partial charge in [0.25, 0.3) is 0 Å². The van der Waals surface area contributed by atoms with Crippen LogP contribution in [0.3, 0.4) is 0 Å². The fraction of sp³-hybridized carbons (Fsp3) is 0. The Kier molecular flexibility index (Phi) is 2.68. The Balaban J connectivity index is 3.75. The molecule has 30 valence electrons. The summed E-state index contributed by atoms with van der Waals surface area (Å²) >= 11 is 0.897. The summed E-state index contributed by atoms with van der Waals surface area (Å²) in [4.78, 5) is 0. The van der Waals surface area contributed by atoms with Crippen molar-refractivity contribution in [1.29, 1.82) is 10.5 Å². The second-order valence-electron chi connectivity index (χ2n) is 0.599. The summed E-state index contributed by atoms with van der Waals surface area (Å²) in [5.74, 6) is 0. The van der Waals surface area contributed by atoms with E-state index >= 15 is 0 Å². The van der Waals surface area contributed by atoms with Crippen LogP contribution in [0.15, 0.2) is 0 Å². The van der Waals surface area contributed by atoms with Crippen molar-refractivity contribution < 1.29 is 0 Å². The van der Waals surface area contributed by atoms with Crippen LogP contribution in [0.4, 0.5) is 0 Å². The Morgan fingerprint density at radius 2 is 1.67 bits per heavy atom. The third-order valence-corrected chi connectivity index (χ3v) is 0.862. The molecule has 0 aromatic rings. The molecular weight excluding hydrogens is 192 g/mol. The van der Waals surface area contributed by atoms with Gasteiger partial charge in [-0.15, -0.1) is 0 Å². The summed E-state index contributed by atoms with van der Waals surface area (Å²) in [6.07, 6.45) is 0. The Hall–Kier alpha value is -0.360. The van der Waals surface area contributed by atoms with Gasteiger partial charge in [0.1, 0.15) is 0 Å². The predicted octanol–water partition coefficient (Wildman–Crippen LogP) is -1.16. The van der Waals surface area contributed by atoms with Crippen molar-refractivity contribution in [3.63, 3.8) is 0 Å². The average Bonchev–Trinajstić information content (AvgIpc) is 1.65. The third-order valence-electron chi connectivity index (χ3n) is 0.224. The van der Waals surface area contributed by atoms with E-state index in [1.807, 2.05) is 0 Å². The Bertz CT molecular complexity index is 120. The van der Waals surface area contributed by atoms with Crippen molar-refractivity contribution in [3.05, 3.63) is 0 Å². The van der Waals surface area contributed by atoms with Gasteiger partial charge in [-0.1, -0.05) is 0 Å². The molecule has 0 spiro atoms. The standard InChI is InChI=1S/C3H2N2Te/c4-1-3(6)2-5/h6H2. The summed E-state index contributed by atoms with van der Waals surface area (Å²) in [6, 6.07) is 3.42. The van der Waals surface area contributed by atoms with E-state index in [1.54, 1.807) is 12.1 Å². The molecule has 0 N–H and O–H groups in total. The molecule has 2 nitrogen and oxygen atoms in total. The van der Waals surface area contributed by atoms with E-state index < -0.39 is 0 Å². The molecule has 0 saturated heterocycles. The van der Waals surface area contributed by atoms with Gasteiger partial charge in [-0.2, -0.15) is 0 Å². The molecule has 3 heteroatoms. The number of hydrogen-bond acceptors (Lipinski definition) is 2. The molecule has 0 radical (unpaired) electrons. The minimum absolute atomic E-state index is 0.294. The van der Waals surface area contributed by atoms with Gasteiger partial charge >= 0.3 is 48.0 Å². The quantitative estimate of drug-likeness (QED) is 0.456.